The first kappa shape index (κ1) is 27.2. The second kappa shape index (κ2) is 11.0. The van der Waals surface area contributed by atoms with Crippen molar-refractivity contribution in [2.24, 2.45) is 5.92 Å². The van der Waals surface area contributed by atoms with E-state index in [1.165, 1.54) is 6.07 Å². The van der Waals surface area contributed by atoms with E-state index in [9.17, 15) is 17.6 Å². The lowest BCUT2D eigenvalue weighted by molar-refractivity contribution is -0.275. The summed E-state index contributed by atoms with van der Waals surface area (Å²) < 4.78 is 68.9. The van der Waals surface area contributed by atoms with Crippen molar-refractivity contribution in [2.75, 3.05) is 13.2 Å². The summed E-state index contributed by atoms with van der Waals surface area (Å²) in [5, 5.41) is 4.07. The monoisotopic (exact) mass is 545 g/mol. The summed E-state index contributed by atoms with van der Waals surface area (Å²) in [6.07, 6.45) is -1.51. The third kappa shape index (κ3) is 6.11. The Labute approximate surface area is 223 Å². The van der Waals surface area contributed by atoms with Gasteiger partial charge in [-0.2, -0.15) is 0 Å². The maximum Gasteiger partial charge on any atom is 0.573 e. The van der Waals surface area contributed by atoms with Gasteiger partial charge in [-0.3, -0.25) is 0 Å². The molecule has 1 saturated heterocycles. The normalized spacial score (nSPS) is 15.7. The van der Waals surface area contributed by atoms with E-state index >= 15 is 0 Å². The van der Waals surface area contributed by atoms with Crippen molar-refractivity contribution >= 4 is 11.0 Å². The van der Waals surface area contributed by atoms with Crippen molar-refractivity contribution in [3.05, 3.63) is 65.1 Å². The summed E-state index contributed by atoms with van der Waals surface area (Å²) in [5.74, 6) is 0.145. The molecule has 0 aliphatic carbocycles. The molecule has 1 atom stereocenters. The van der Waals surface area contributed by atoms with E-state index in [1.807, 2.05) is 32.9 Å². The number of halogens is 4. The summed E-state index contributed by atoms with van der Waals surface area (Å²) in [6, 6.07) is 9.73. The molecule has 0 radical (unpaired) electrons. The summed E-state index contributed by atoms with van der Waals surface area (Å²) >= 11 is 0. The minimum absolute atomic E-state index is 0.122. The van der Waals surface area contributed by atoms with Gasteiger partial charge in [-0.15, -0.1) is 13.2 Å². The van der Waals surface area contributed by atoms with Gasteiger partial charge in [0.2, 0.25) is 0 Å². The lowest BCUT2D eigenvalue weighted by Crippen LogP contribution is -2.18. The highest BCUT2D eigenvalue weighted by molar-refractivity contribution is 5.83. The Balaban J connectivity index is 1.46. The van der Waals surface area contributed by atoms with Gasteiger partial charge < -0.3 is 18.6 Å². The molecule has 3 heterocycles. The van der Waals surface area contributed by atoms with E-state index < -0.39 is 17.9 Å². The van der Waals surface area contributed by atoms with Crippen molar-refractivity contribution < 1.29 is 31.6 Å². The van der Waals surface area contributed by atoms with E-state index in [-0.39, 0.29) is 5.92 Å². The molecule has 6 nitrogen and oxygen atoms in total. The highest BCUT2D eigenvalue weighted by atomic mass is 19.4. The molecule has 0 bridgehead atoms. The number of alkyl halides is 3. The molecule has 2 aromatic carbocycles. The van der Waals surface area contributed by atoms with E-state index in [0.717, 1.165) is 90.6 Å². The summed E-state index contributed by atoms with van der Waals surface area (Å²) in [4.78, 5) is 5.01. The van der Waals surface area contributed by atoms with Crippen LogP contribution in [0.5, 0.6) is 5.75 Å². The Morgan fingerprint density at radius 2 is 1.87 bits per heavy atom. The Morgan fingerprint density at radius 3 is 2.54 bits per heavy atom. The van der Waals surface area contributed by atoms with Crippen LogP contribution in [0.2, 0.25) is 0 Å². The van der Waals surface area contributed by atoms with Gasteiger partial charge >= 0.3 is 6.36 Å². The molecule has 10 heteroatoms. The number of benzene rings is 2. The van der Waals surface area contributed by atoms with Gasteiger partial charge in [0.05, 0.1) is 16.7 Å². The molecule has 39 heavy (non-hydrogen) atoms. The number of fused-ring (bicyclic) bond motifs is 1. The van der Waals surface area contributed by atoms with Crippen LogP contribution < -0.4 is 4.74 Å². The molecule has 0 amide bonds. The first-order valence-corrected chi connectivity index (χ1v) is 13.1. The predicted molar refractivity (Wildman–Crippen MR) is 138 cm³/mol. The molecular formula is C29H31F4N3O3. The number of ether oxygens (including phenoxy) is 2. The largest absolute Gasteiger partial charge is 0.573 e. The second-order valence-electron chi connectivity index (χ2n) is 10.3. The first-order valence-electron chi connectivity index (χ1n) is 13.1. The van der Waals surface area contributed by atoms with Gasteiger partial charge in [0, 0.05) is 31.2 Å². The quantitative estimate of drug-likeness (QED) is 0.215. The van der Waals surface area contributed by atoms with Crippen LogP contribution in [0.1, 0.15) is 54.9 Å². The highest BCUT2D eigenvalue weighted by Gasteiger charge is 2.32. The van der Waals surface area contributed by atoms with Crippen molar-refractivity contribution in [3.8, 4) is 16.9 Å². The highest BCUT2D eigenvalue weighted by Crippen LogP contribution is 2.33. The topological polar surface area (TPSA) is 62.3 Å². The van der Waals surface area contributed by atoms with Gasteiger partial charge in [-0.1, -0.05) is 24.2 Å². The molecule has 0 N–H and O–H groups in total. The van der Waals surface area contributed by atoms with Gasteiger partial charge in [0.1, 0.15) is 11.6 Å². The lowest BCUT2D eigenvalue weighted by atomic mass is 9.96. The lowest BCUT2D eigenvalue weighted by Gasteiger charge is -2.23. The number of aromatic nitrogens is 3. The molecule has 1 aliphatic heterocycles. The van der Waals surface area contributed by atoms with E-state index in [0.29, 0.717) is 17.9 Å². The SMILES string of the molecule is Cc1noc(C)c1-c1ccc2c(c1)nc([C@H](C)Cc1ccc(OC(F)(F)F)c(F)c1)n2CCC1CCOCC1. The Morgan fingerprint density at radius 1 is 1.10 bits per heavy atom. The number of hydrogen-bond donors (Lipinski definition) is 0. The number of rotatable bonds is 8. The Kier molecular flexibility index (Phi) is 7.66. The average Bonchev–Trinajstić information content (AvgIpc) is 3.42. The van der Waals surface area contributed by atoms with E-state index in [2.05, 4.69) is 20.5 Å². The Bertz CT molecular complexity index is 1430. The smallest absolute Gasteiger partial charge is 0.403 e. The van der Waals surface area contributed by atoms with Crippen LogP contribution in [0, 0.1) is 25.6 Å². The molecular weight excluding hydrogens is 514 g/mol. The third-order valence-electron chi connectivity index (χ3n) is 7.41. The minimum atomic E-state index is -4.95. The Hall–Kier alpha value is -3.40. The first-order chi connectivity index (χ1) is 18.6. The summed E-state index contributed by atoms with van der Waals surface area (Å²) in [7, 11) is 0. The maximum absolute atomic E-state index is 14.4. The van der Waals surface area contributed by atoms with Crippen LogP contribution in [0.15, 0.2) is 40.9 Å². The fourth-order valence-electron chi connectivity index (χ4n) is 5.48. The van der Waals surface area contributed by atoms with Crippen molar-refractivity contribution in [2.45, 2.75) is 65.3 Å². The van der Waals surface area contributed by atoms with Gasteiger partial charge in [0.15, 0.2) is 11.6 Å². The zero-order chi connectivity index (χ0) is 27.7. The van der Waals surface area contributed by atoms with Crippen molar-refractivity contribution in [1.29, 1.82) is 0 Å². The molecule has 0 saturated carbocycles. The second-order valence-corrected chi connectivity index (χ2v) is 10.3. The van der Waals surface area contributed by atoms with E-state index in [1.54, 1.807) is 0 Å². The summed E-state index contributed by atoms with van der Waals surface area (Å²) in [6.45, 7) is 8.11. The third-order valence-corrected chi connectivity index (χ3v) is 7.41. The molecule has 1 fully saturated rings. The maximum atomic E-state index is 14.4. The molecule has 0 spiro atoms. The average molecular weight is 546 g/mol. The van der Waals surface area contributed by atoms with Crippen molar-refractivity contribution in [1.82, 2.24) is 14.7 Å². The molecule has 2 aromatic heterocycles. The number of imidazole rings is 1. The van der Waals surface area contributed by atoms with Crippen LogP contribution in [0.25, 0.3) is 22.2 Å². The fraction of sp³-hybridized carbons (Fsp3) is 0.448. The van der Waals surface area contributed by atoms with Crippen LogP contribution >= 0.6 is 0 Å². The van der Waals surface area contributed by atoms with Crippen LogP contribution in [0.3, 0.4) is 0 Å². The summed E-state index contributed by atoms with van der Waals surface area (Å²) in [5.41, 5.74) is 5.11. The van der Waals surface area contributed by atoms with E-state index in [4.69, 9.17) is 14.2 Å². The molecule has 0 unspecified atom stereocenters. The number of nitrogens with zero attached hydrogens (tertiary/aromatic N) is 3. The van der Waals surface area contributed by atoms with Crippen LogP contribution in [-0.2, 0) is 17.7 Å². The van der Waals surface area contributed by atoms with Crippen molar-refractivity contribution in [3.63, 3.8) is 0 Å². The van der Waals surface area contributed by atoms with Crippen LogP contribution in [0.4, 0.5) is 17.6 Å². The van der Waals surface area contributed by atoms with Gasteiger partial charge in [-0.25, -0.2) is 9.37 Å². The van der Waals surface area contributed by atoms with Gasteiger partial charge in [0.25, 0.3) is 0 Å². The number of hydrogen-bond acceptors (Lipinski definition) is 5. The van der Waals surface area contributed by atoms with Crippen LogP contribution in [-0.4, -0.2) is 34.3 Å². The zero-order valence-corrected chi connectivity index (χ0v) is 22.1. The molecule has 208 valence electrons. The number of aryl methyl sites for hydroxylation is 3. The minimum Gasteiger partial charge on any atom is -0.403 e. The predicted octanol–water partition coefficient (Wildman–Crippen LogP) is 7.51. The molecule has 4 aromatic rings. The molecule has 5 rings (SSSR count). The standard InChI is InChI=1S/C29H31F4N3O3/c1-17(14-21-4-7-26(23(30)15-21)38-29(31,32)33)28-34-24-16-22(27-18(2)35-39-19(27)3)5-6-25(24)36(28)11-8-20-9-12-37-13-10-20/h4-7,15-17,20H,8-14H2,1-3H3/t17-/m1/s1. The van der Waals surface area contributed by atoms with Gasteiger partial charge in [-0.05, 0) is 80.8 Å². The molecule has 1 aliphatic rings. The zero-order valence-electron chi connectivity index (χ0n) is 22.1. The fourth-order valence-corrected chi connectivity index (χ4v) is 5.48.